The van der Waals surface area contributed by atoms with Gasteiger partial charge >= 0.3 is 0 Å². The van der Waals surface area contributed by atoms with Crippen molar-refractivity contribution in [3.63, 3.8) is 0 Å². The molecule has 1 heterocycles. The van der Waals surface area contributed by atoms with Gasteiger partial charge in [-0.3, -0.25) is 9.59 Å². The minimum Gasteiger partial charge on any atom is -0.496 e. The number of hydrogen-bond donors (Lipinski definition) is 2. The van der Waals surface area contributed by atoms with E-state index in [4.69, 9.17) is 4.74 Å². The molecule has 2 amide bonds. The molecule has 1 saturated carbocycles. The Balaban J connectivity index is 1.66. The highest BCUT2D eigenvalue weighted by Crippen LogP contribution is 2.30. The first-order valence-corrected chi connectivity index (χ1v) is 10.6. The van der Waals surface area contributed by atoms with Crippen molar-refractivity contribution in [3.8, 4) is 0 Å². The lowest BCUT2D eigenvalue weighted by Crippen LogP contribution is -2.43. The highest BCUT2D eigenvalue weighted by atomic mass is 32.2. The molecular weight excluding hydrogens is 360 g/mol. The van der Waals surface area contributed by atoms with Crippen LogP contribution in [0.1, 0.15) is 50.4 Å². The lowest BCUT2D eigenvalue weighted by Gasteiger charge is -2.34. The van der Waals surface area contributed by atoms with Crippen molar-refractivity contribution in [1.29, 1.82) is 0 Å². The Bertz CT molecular complexity index is 747. The van der Waals surface area contributed by atoms with Crippen molar-refractivity contribution in [2.45, 2.75) is 46.1 Å². The number of benzene rings is 1. The molecule has 1 fully saturated rings. The Labute approximate surface area is 165 Å². The SMILES string of the molecule is CC1=C(C(=O)Nc2cccc(C(=O)N[C@@H]3CCC[C@H](C)[C@@H]3C)c2)SCCO1. The molecule has 2 N–H and O–H groups in total. The van der Waals surface area contributed by atoms with Crippen LogP contribution in [0.4, 0.5) is 5.69 Å². The number of nitrogens with one attached hydrogen (secondary N) is 2. The van der Waals surface area contributed by atoms with E-state index in [1.165, 1.54) is 18.2 Å². The van der Waals surface area contributed by atoms with Crippen molar-refractivity contribution in [1.82, 2.24) is 5.32 Å². The second kappa shape index (κ2) is 8.83. The summed E-state index contributed by atoms with van der Waals surface area (Å²) >= 11 is 1.50. The lowest BCUT2D eigenvalue weighted by atomic mass is 9.78. The van der Waals surface area contributed by atoms with Gasteiger partial charge in [-0.2, -0.15) is 0 Å². The monoisotopic (exact) mass is 388 g/mol. The Morgan fingerprint density at radius 3 is 2.78 bits per heavy atom. The molecule has 3 rings (SSSR count). The Hall–Kier alpha value is -1.95. The summed E-state index contributed by atoms with van der Waals surface area (Å²) in [6.07, 6.45) is 3.41. The van der Waals surface area contributed by atoms with Crippen molar-refractivity contribution >= 4 is 29.3 Å². The zero-order valence-electron chi connectivity index (χ0n) is 16.2. The Kier molecular flexibility index (Phi) is 6.47. The molecule has 3 atom stereocenters. The van der Waals surface area contributed by atoms with Gasteiger partial charge in [-0.15, -0.1) is 11.8 Å². The van der Waals surface area contributed by atoms with Crippen LogP contribution in [0.25, 0.3) is 0 Å². The van der Waals surface area contributed by atoms with Crippen LogP contribution in [0, 0.1) is 11.8 Å². The molecule has 1 aliphatic carbocycles. The van der Waals surface area contributed by atoms with Crippen LogP contribution in [-0.4, -0.2) is 30.2 Å². The summed E-state index contributed by atoms with van der Waals surface area (Å²) in [5.74, 6) is 2.25. The van der Waals surface area contributed by atoms with E-state index in [1.54, 1.807) is 31.2 Å². The van der Waals surface area contributed by atoms with E-state index < -0.39 is 0 Å². The number of carbonyl (C=O) groups is 2. The van der Waals surface area contributed by atoms with Gasteiger partial charge in [-0.05, 0) is 43.4 Å². The largest absolute Gasteiger partial charge is 0.496 e. The maximum atomic E-state index is 12.7. The molecule has 146 valence electrons. The van der Waals surface area contributed by atoms with Crippen LogP contribution in [0.5, 0.6) is 0 Å². The van der Waals surface area contributed by atoms with Crippen LogP contribution < -0.4 is 10.6 Å². The van der Waals surface area contributed by atoms with Gasteiger partial charge < -0.3 is 15.4 Å². The van der Waals surface area contributed by atoms with Gasteiger partial charge in [-0.25, -0.2) is 0 Å². The molecule has 0 saturated heterocycles. The minimum absolute atomic E-state index is 0.0807. The molecule has 5 nitrogen and oxygen atoms in total. The Morgan fingerprint density at radius 2 is 2.00 bits per heavy atom. The van der Waals surface area contributed by atoms with E-state index in [0.29, 0.717) is 40.4 Å². The summed E-state index contributed by atoms with van der Waals surface area (Å²) in [5.41, 5.74) is 1.18. The van der Waals surface area contributed by atoms with E-state index in [-0.39, 0.29) is 17.9 Å². The minimum atomic E-state index is -0.190. The van der Waals surface area contributed by atoms with Gasteiger partial charge in [0.15, 0.2) is 0 Å². The number of carbonyl (C=O) groups excluding carboxylic acids is 2. The molecular formula is C21H28N2O3S. The molecule has 1 aliphatic heterocycles. The lowest BCUT2D eigenvalue weighted by molar-refractivity contribution is -0.112. The molecule has 27 heavy (non-hydrogen) atoms. The molecule has 0 bridgehead atoms. The van der Waals surface area contributed by atoms with Crippen molar-refractivity contribution in [2.75, 3.05) is 17.7 Å². The van der Waals surface area contributed by atoms with Crippen LogP contribution in [-0.2, 0) is 9.53 Å². The third kappa shape index (κ3) is 4.86. The van der Waals surface area contributed by atoms with Crippen LogP contribution >= 0.6 is 11.8 Å². The summed E-state index contributed by atoms with van der Waals surface area (Å²) in [7, 11) is 0. The summed E-state index contributed by atoms with van der Waals surface area (Å²) in [4.78, 5) is 25.8. The number of allylic oxidation sites excluding steroid dienone is 1. The van der Waals surface area contributed by atoms with Gasteiger partial charge in [0.1, 0.15) is 10.7 Å². The van der Waals surface area contributed by atoms with Crippen LogP contribution in [0.3, 0.4) is 0 Å². The normalized spacial score (nSPS) is 25.5. The van der Waals surface area contributed by atoms with Gasteiger partial charge in [-0.1, -0.05) is 32.8 Å². The first-order chi connectivity index (χ1) is 13.0. The molecule has 1 aromatic carbocycles. The third-order valence-corrected chi connectivity index (χ3v) is 6.71. The number of thioether (sulfide) groups is 1. The average molecular weight is 389 g/mol. The highest BCUT2D eigenvalue weighted by molar-refractivity contribution is 8.04. The molecule has 6 heteroatoms. The third-order valence-electron chi connectivity index (χ3n) is 5.58. The summed E-state index contributed by atoms with van der Waals surface area (Å²) in [6.45, 7) is 6.90. The first kappa shape index (κ1) is 19.8. The van der Waals surface area contributed by atoms with Crippen molar-refractivity contribution in [2.24, 2.45) is 11.8 Å². The molecule has 0 aromatic heterocycles. The van der Waals surface area contributed by atoms with Crippen LogP contribution in [0.2, 0.25) is 0 Å². The zero-order chi connectivity index (χ0) is 19.4. The van der Waals surface area contributed by atoms with Gasteiger partial charge in [0.2, 0.25) is 0 Å². The van der Waals surface area contributed by atoms with Gasteiger partial charge in [0, 0.05) is 23.0 Å². The van der Waals surface area contributed by atoms with E-state index >= 15 is 0 Å². The fourth-order valence-electron chi connectivity index (χ4n) is 3.69. The number of hydrogen-bond acceptors (Lipinski definition) is 4. The molecule has 0 unspecified atom stereocenters. The predicted molar refractivity (Wildman–Crippen MR) is 110 cm³/mol. The zero-order valence-corrected chi connectivity index (χ0v) is 17.0. The highest BCUT2D eigenvalue weighted by Gasteiger charge is 2.28. The number of ether oxygens (including phenoxy) is 1. The molecule has 2 aliphatic rings. The van der Waals surface area contributed by atoms with Gasteiger partial charge in [0.05, 0.1) is 6.61 Å². The Morgan fingerprint density at radius 1 is 1.19 bits per heavy atom. The van der Waals surface area contributed by atoms with E-state index in [9.17, 15) is 9.59 Å². The van der Waals surface area contributed by atoms with E-state index in [0.717, 1.165) is 18.6 Å². The fourth-order valence-corrected chi connectivity index (χ4v) is 4.51. The van der Waals surface area contributed by atoms with Crippen molar-refractivity contribution in [3.05, 3.63) is 40.5 Å². The summed E-state index contributed by atoms with van der Waals surface area (Å²) in [5, 5.41) is 6.06. The van der Waals surface area contributed by atoms with E-state index in [2.05, 4.69) is 24.5 Å². The summed E-state index contributed by atoms with van der Waals surface area (Å²) < 4.78 is 5.45. The second-order valence-corrected chi connectivity index (χ2v) is 8.57. The molecule has 1 aromatic rings. The standard InChI is InChI=1S/C21H28N2O3S/c1-13-6-4-9-18(14(13)2)23-20(24)16-7-5-8-17(12-16)22-21(25)19-15(3)26-10-11-27-19/h5,7-8,12-14,18H,4,6,9-11H2,1-3H3,(H,22,25)(H,23,24)/t13-,14-,18+/m0/s1. The maximum absolute atomic E-state index is 12.7. The summed E-state index contributed by atoms with van der Waals surface area (Å²) in [6, 6.07) is 7.32. The second-order valence-electron chi connectivity index (χ2n) is 7.46. The fraction of sp³-hybridized carbons (Fsp3) is 0.524. The number of amides is 2. The predicted octanol–water partition coefficient (Wildman–Crippen LogP) is 4.17. The van der Waals surface area contributed by atoms with Crippen molar-refractivity contribution < 1.29 is 14.3 Å². The molecule has 0 radical (unpaired) electrons. The number of rotatable bonds is 4. The van der Waals surface area contributed by atoms with E-state index in [1.807, 2.05) is 0 Å². The smallest absolute Gasteiger partial charge is 0.265 e. The van der Waals surface area contributed by atoms with Gasteiger partial charge in [0.25, 0.3) is 11.8 Å². The first-order valence-electron chi connectivity index (χ1n) is 9.64. The average Bonchev–Trinajstić information content (AvgIpc) is 2.66. The number of anilines is 1. The van der Waals surface area contributed by atoms with Crippen LogP contribution in [0.15, 0.2) is 34.9 Å². The topological polar surface area (TPSA) is 67.4 Å². The maximum Gasteiger partial charge on any atom is 0.265 e. The quantitative estimate of drug-likeness (QED) is 0.812. The molecule has 0 spiro atoms.